The van der Waals surface area contributed by atoms with Gasteiger partial charge in [0.25, 0.3) is 0 Å². The van der Waals surface area contributed by atoms with Gasteiger partial charge in [-0.3, -0.25) is 19.2 Å². The van der Waals surface area contributed by atoms with Gasteiger partial charge in [-0.25, -0.2) is 0 Å². The van der Waals surface area contributed by atoms with Crippen LogP contribution in [0.4, 0.5) is 0 Å². The molecule has 1 amide bonds. The SMILES string of the molecule is CC(=O)NC1C(=O)C2=C(C(=O)c3ccccc3C2=O)C2=C1C=C1C=CC=CC1N2. The van der Waals surface area contributed by atoms with E-state index in [0.29, 0.717) is 11.3 Å². The normalized spacial score (nSPS) is 24.3. The second-order valence-corrected chi connectivity index (χ2v) is 7.29. The Balaban J connectivity index is 1.76. The van der Waals surface area contributed by atoms with Crippen LogP contribution < -0.4 is 10.6 Å². The number of allylic oxidation sites excluding steroid dienone is 3. The van der Waals surface area contributed by atoms with Crippen LogP contribution in [-0.2, 0) is 9.59 Å². The Morgan fingerprint density at radius 1 is 1.00 bits per heavy atom. The number of ketones is 3. The smallest absolute Gasteiger partial charge is 0.217 e. The lowest BCUT2D eigenvalue weighted by atomic mass is 9.72. The Bertz CT molecular complexity index is 1190. The van der Waals surface area contributed by atoms with E-state index in [1.54, 1.807) is 24.3 Å². The van der Waals surface area contributed by atoms with Crippen molar-refractivity contribution < 1.29 is 19.2 Å². The lowest BCUT2D eigenvalue weighted by Crippen LogP contribution is -2.51. The summed E-state index contributed by atoms with van der Waals surface area (Å²) in [5.74, 6) is -1.81. The van der Waals surface area contributed by atoms with Crippen molar-refractivity contribution in [2.75, 3.05) is 0 Å². The molecule has 1 aliphatic heterocycles. The standard InChI is InChI=1S/C23H16N2O4/c1-11(26)24-20-15-10-12-6-2-5-9-16(12)25-19(15)17-18(23(20)29)22(28)14-8-4-3-7-13(14)21(17)27/h2-10,16,20,25H,1H3,(H,24,26). The Labute approximate surface area is 166 Å². The highest BCUT2D eigenvalue weighted by Crippen LogP contribution is 2.39. The molecule has 0 spiro atoms. The van der Waals surface area contributed by atoms with E-state index >= 15 is 0 Å². The van der Waals surface area contributed by atoms with Crippen molar-refractivity contribution in [1.82, 2.24) is 10.6 Å². The number of amides is 1. The van der Waals surface area contributed by atoms with Gasteiger partial charge >= 0.3 is 0 Å². The summed E-state index contributed by atoms with van der Waals surface area (Å²) in [6.45, 7) is 1.32. The summed E-state index contributed by atoms with van der Waals surface area (Å²) in [5.41, 5.74) is 2.26. The van der Waals surface area contributed by atoms with E-state index < -0.39 is 23.5 Å². The molecule has 3 aliphatic carbocycles. The van der Waals surface area contributed by atoms with Gasteiger partial charge in [0.1, 0.15) is 6.04 Å². The highest BCUT2D eigenvalue weighted by molar-refractivity contribution is 6.39. The number of rotatable bonds is 1. The highest BCUT2D eigenvalue weighted by Gasteiger charge is 2.46. The first-order valence-electron chi connectivity index (χ1n) is 9.29. The van der Waals surface area contributed by atoms with Gasteiger partial charge in [-0.15, -0.1) is 0 Å². The molecule has 2 atom stereocenters. The topological polar surface area (TPSA) is 92.3 Å². The molecule has 0 bridgehead atoms. The largest absolute Gasteiger partial charge is 0.374 e. The average Bonchev–Trinajstić information content (AvgIpc) is 2.72. The zero-order valence-electron chi connectivity index (χ0n) is 15.5. The zero-order valence-corrected chi connectivity index (χ0v) is 15.5. The number of Topliss-reactive ketones (excluding diaryl/α,β-unsaturated/α-hetero) is 3. The molecule has 0 saturated carbocycles. The first kappa shape index (κ1) is 17.3. The maximum absolute atomic E-state index is 13.3. The molecule has 5 rings (SSSR count). The third-order valence-corrected chi connectivity index (χ3v) is 5.51. The number of carbonyl (C=O) groups excluding carboxylic acids is 4. The van der Waals surface area contributed by atoms with Crippen molar-refractivity contribution in [2.45, 2.75) is 19.0 Å². The monoisotopic (exact) mass is 384 g/mol. The van der Waals surface area contributed by atoms with Crippen LogP contribution >= 0.6 is 0 Å². The van der Waals surface area contributed by atoms with Gasteiger partial charge in [-0.05, 0) is 11.6 Å². The zero-order chi connectivity index (χ0) is 20.3. The predicted molar refractivity (Wildman–Crippen MR) is 105 cm³/mol. The highest BCUT2D eigenvalue weighted by atomic mass is 16.2. The maximum Gasteiger partial charge on any atom is 0.217 e. The van der Waals surface area contributed by atoms with E-state index in [-0.39, 0.29) is 34.1 Å². The molecule has 142 valence electrons. The molecule has 29 heavy (non-hydrogen) atoms. The first-order chi connectivity index (χ1) is 14.0. The van der Waals surface area contributed by atoms with E-state index in [1.165, 1.54) is 6.92 Å². The molecule has 0 saturated heterocycles. The van der Waals surface area contributed by atoms with Crippen molar-refractivity contribution in [3.63, 3.8) is 0 Å². The molecule has 1 heterocycles. The number of hydrogen-bond donors (Lipinski definition) is 2. The van der Waals surface area contributed by atoms with E-state index in [0.717, 1.165) is 5.57 Å². The quantitative estimate of drug-likeness (QED) is 0.720. The summed E-state index contributed by atoms with van der Waals surface area (Å²) in [5, 5.41) is 5.95. The predicted octanol–water partition coefficient (Wildman–Crippen LogP) is 1.73. The van der Waals surface area contributed by atoms with Gasteiger partial charge in [-0.2, -0.15) is 0 Å². The van der Waals surface area contributed by atoms with Gasteiger partial charge in [0.2, 0.25) is 5.91 Å². The fourth-order valence-corrected chi connectivity index (χ4v) is 4.24. The van der Waals surface area contributed by atoms with Crippen LogP contribution in [0.15, 0.2) is 82.6 Å². The summed E-state index contributed by atoms with van der Waals surface area (Å²) < 4.78 is 0. The molecule has 1 aromatic carbocycles. The van der Waals surface area contributed by atoms with Crippen LogP contribution in [0, 0.1) is 0 Å². The number of dihydropyridines is 1. The lowest BCUT2D eigenvalue weighted by Gasteiger charge is -2.37. The third kappa shape index (κ3) is 2.42. The van der Waals surface area contributed by atoms with Crippen LogP contribution in [0.2, 0.25) is 0 Å². The summed E-state index contributed by atoms with van der Waals surface area (Å²) >= 11 is 0. The summed E-state index contributed by atoms with van der Waals surface area (Å²) in [7, 11) is 0. The minimum atomic E-state index is -1.02. The van der Waals surface area contributed by atoms with E-state index in [2.05, 4.69) is 10.6 Å². The van der Waals surface area contributed by atoms with Crippen molar-refractivity contribution in [3.05, 3.63) is 93.8 Å². The van der Waals surface area contributed by atoms with E-state index in [4.69, 9.17) is 0 Å². The molecule has 0 radical (unpaired) electrons. The molecular formula is C23H16N2O4. The molecule has 2 N–H and O–H groups in total. The maximum atomic E-state index is 13.3. The minimum absolute atomic E-state index is 0.0913. The first-order valence-corrected chi connectivity index (χ1v) is 9.29. The molecule has 0 aromatic heterocycles. The van der Waals surface area contributed by atoms with Crippen molar-refractivity contribution >= 4 is 23.3 Å². The van der Waals surface area contributed by atoms with Gasteiger partial charge in [0.05, 0.1) is 22.9 Å². The number of benzene rings is 1. The molecule has 0 fully saturated rings. The molecule has 6 nitrogen and oxygen atoms in total. The van der Waals surface area contributed by atoms with Crippen LogP contribution in [0.1, 0.15) is 27.6 Å². The van der Waals surface area contributed by atoms with Crippen LogP contribution in [0.25, 0.3) is 0 Å². The Hall–Kier alpha value is -3.80. The van der Waals surface area contributed by atoms with Gasteiger partial charge in [0, 0.05) is 23.6 Å². The fraction of sp³-hybridized carbons (Fsp3) is 0.130. The third-order valence-electron chi connectivity index (χ3n) is 5.51. The number of fused-ring (bicyclic) bond motifs is 3. The summed E-state index contributed by atoms with van der Waals surface area (Å²) in [4.78, 5) is 51.6. The number of hydrogen-bond acceptors (Lipinski definition) is 5. The van der Waals surface area contributed by atoms with Crippen LogP contribution in [0.5, 0.6) is 0 Å². The molecule has 1 aromatic rings. The fourth-order valence-electron chi connectivity index (χ4n) is 4.24. The van der Waals surface area contributed by atoms with Gasteiger partial charge < -0.3 is 10.6 Å². The average molecular weight is 384 g/mol. The van der Waals surface area contributed by atoms with E-state index in [1.807, 2.05) is 30.4 Å². The Morgan fingerprint density at radius 2 is 1.69 bits per heavy atom. The Morgan fingerprint density at radius 3 is 2.38 bits per heavy atom. The summed E-state index contributed by atoms with van der Waals surface area (Å²) in [6, 6.07) is 5.28. The van der Waals surface area contributed by atoms with Crippen LogP contribution in [0.3, 0.4) is 0 Å². The molecular weight excluding hydrogens is 368 g/mol. The van der Waals surface area contributed by atoms with Gasteiger partial charge in [-0.1, -0.05) is 48.6 Å². The lowest BCUT2D eigenvalue weighted by molar-refractivity contribution is -0.124. The van der Waals surface area contributed by atoms with Crippen LogP contribution in [-0.4, -0.2) is 35.3 Å². The van der Waals surface area contributed by atoms with E-state index in [9.17, 15) is 19.2 Å². The van der Waals surface area contributed by atoms with Crippen molar-refractivity contribution in [3.8, 4) is 0 Å². The minimum Gasteiger partial charge on any atom is -0.374 e. The number of carbonyl (C=O) groups is 4. The van der Waals surface area contributed by atoms with Crippen molar-refractivity contribution in [1.29, 1.82) is 0 Å². The Kier molecular flexibility index (Phi) is 3.64. The second kappa shape index (κ2) is 6.10. The molecule has 2 unspecified atom stereocenters. The molecule has 4 aliphatic rings. The summed E-state index contributed by atoms with van der Waals surface area (Å²) in [6.07, 6.45) is 9.42. The second-order valence-electron chi connectivity index (χ2n) is 7.29. The number of nitrogens with one attached hydrogen (secondary N) is 2. The van der Waals surface area contributed by atoms with Gasteiger partial charge in [0.15, 0.2) is 17.3 Å². The van der Waals surface area contributed by atoms with Crippen molar-refractivity contribution in [2.24, 2.45) is 0 Å². The molecule has 6 heteroatoms.